The minimum Gasteiger partial charge on any atom is -0.409 e. The van der Waals surface area contributed by atoms with Gasteiger partial charge in [0, 0.05) is 5.41 Å². The molecule has 0 saturated carbocycles. The van der Waals surface area contributed by atoms with Gasteiger partial charge in [-0.1, -0.05) is 25.9 Å². The maximum atomic E-state index is 8.75. The van der Waals surface area contributed by atoms with E-state index >= 15 is 0 Å². The molecule has 0 fully saturated rings. The summed E-state index contributed by atoms with van der Waals surface area (Å²) in [6.45, 7) is 5.84. The lowest BCUT2D eigenvalue weighted by Gasteiger charge is -2.19. The van der Waals surface area contributed by atoms with Crippen LogP contribution in [0.2, 0.25) is 0 Å². The van der Waals surface area contributed by atoms with Crippen LogP contribution >= 0.6 is 0 Å². The van der Waals surface area contributed by atoms with Crippen LogP contribution in [0.25, 0.3) is 0 Å². The first-order chi connectivity index (χ1) is 5.55. The van der Waals surface area contributed by atoms with Gasteiger partial charge >= 0.3 is 0 Å². The summed E-state index contributed by atoms with van der Waals surface area (Å²) in [6.07, 6.45) is 3.00. The third-order valence-corrected chi connectivity index (χ3v) is 1.43. The van der Waals surface area contributed by atoms with Crippen LogP contribution in [0, 0.1) is 5.41 Å². The second kappa shape index (κ2) is 2.92. The predicted molar refractivity (Wildman–Crippen MR) is 44.1 cm³/mol. The van der Waals surface area contributed by atoms with Gasteiger partial charge in [-0.2, -0.15) is 0 Å². The summed E-state index contributed by atoms with van der Waals surface area (Å²) in [5.74, 6) is 0.521. The summed E-state index contributed by atoms with van der Waals surface area (Å²) in [4.78, 5) is 0. The van der Waals surface area contributed by atoms with Gasteiger partial charge < -0.3 is 5.21 Å². The smallest absolute Gasteiger partial charge is 0.160 e. The zero-order valence-electron chi connectivity index (χ0n) is 7.39. The lowest BCUT2D eigenvalue weighted by molar-refractivity contribution is 0.307. The molecule has 0 radical (unpaired) electrons. The zero-order chi connectivity index (χ0) is 9.19. The van der Waals surface area contributed by atoms with Crippen LogP contribution in [0.1, 0.15) is 20.8 Å². The Bertz CT molecular complexity index is 270. The molecular weight excluding hydrogens is 156 g/mol. The highest BCUT2D eigenvalue weighted by molar-refractivity contribution is 5.88. The van der Waals surface area contributed by atoms with E-state index in [0.717, 1.165) is 0 Å². The quantitative estimate of drug-likeness (QED) is 0.271. The van der Waals surface area contributed by atoms with Crippen LogP contribution in [0.4, 0.5) is 0 Å². The molecule has 0 unspecified atom stereocenters. The van der Waals surface area contributed by atoms with E-state index in [0.29, 0.717) is 5.84 Å². The van der Waals surface area contributed by atoms with Crippen molar-refractivity contribution in [2.75, 3.05) is 0 Å². The molecule has 1 heterocycles. The Kier molecular flexibility index (Phi) is 2.12. The Labute approximate surface area is 70.7 Å². The maximum Gasteiger partial charge on any atom is 0.160 e. The Hall–Kier alpha value is -1.39. The van der Waals surface area contributed by atoms with Crippen molar-refractivity contribution < 1.29 is 5.21 Å². The van der Waals surface area contributed by atoms with Crippen molar-refractivity contribution in [1.82, 2.24) is 14.8 Å². The van der Waals surface area contributed by atoms with Crippen LogP contribution < -0.4 is 0 Å². The third-order valence-electron chi connectivity index (χ3n) is 1.43. The van der Waals surface area contributed by atoms with Gasteiger partial charge in [0.15, 0.2) is 5.84 Å². The molecule has 1 aromatic heterocycles. The van der Waals surface area contributed by atoms with Crippen molar-refractivity contribution in [2.24, 2.45) is 10.6 Å². The molecule has 0 spiro atoms. The number of oxime groups is 1. The molecule has 5 nitrogen and oxygen atoms in total. The molecule has 0 bridgehead atoms. The number of nitrogens with zero attached hydrogens (tertiary/aromatic N) is 4. The molecule has 0 aromatic carbocycles. The van der Waals surface area contributed by atoms with Crippen molar-refractivity contribution in [3.05, 3.63) is 12.7 Å². The molecular formula is C7H12N4O. The summed E-state index contributed by atoms with van der Waals surface area (Å²) >= 11 is 0. The van der Waals surface area contributed by atoms with Gasteiger partial charge in [-0.25, -0.2) is 0 Å². The Morgan fingerprint density at radius 3 is 2.17 bits per heavy atom. The normalized spacial score (nSPS) is 13.4. The van der Waals surface area contributed by atoms with E-state index in [4.69, 9.17) is 5.21 Å². The number of aromatic nitrogens is 3. The minimum absolute atomic E-state index is 0.225. The fourth-order valence-corrected chi connectivity index (χ4v) is 0.899. The highest BCUT2D eigenvalue weighted by Crippen LogP contribution is 2.16. The minimum atomic E-state index is -0.225. The van der Waals surface area contributed by atoms with Crippen LogP contribution in [-0.4, -0.2) is 25.8 Å². The fourth-order valence-electron chi connectivity index (χ4n) is 0.899. The van der Waals surface area contributed by atoms with Crippen LogP contribution in [0.15, 0.2) is 17.8 Å². The topological polar surface area (TPSA) is 63.3 Å². The van der Waals surface area contributed by atoms with E-state index in [1.54, 1.807) is 4.57 Å². The molecule has 1 aromatic rings. The van der Waals surface area contributed by atoms with Crippen LogP contribution in [0.5, 0.6) is 0 Å². The van der Waals surface area contributed by atoms with Gasteiger partial charge in [-0.05, 0) is 0 Å². The van der Waals surface area contributed by atoms with E-state index in [9.17, 15) is 0 Å². The molecule has 0 aliphatic heterocycles. The first-order valence-electron chi connectivity index (χ1n) is 3.63. The van der Waals surface area contributed by atoms with Gasteiger partial charge in [-0.3, -0.25) is 4.57 Å². The largest absolute Gasteiger partial charge is 0.409 e. The van der Waals surface area contributed by atoms with Crippen molar-refractivity contribution in [2.45, 2.75) is 20.8 Å². The number of hydrogen-bond acceptors (Lipinski definition) is 4. The van der Waals surface area contributed by atoms with Gasteiger partial charge in [0.05, 0.1) is 0 Å². The van der Waals surface area contributed by atoms with E-state index in [1.165, 1.54) is 12.7 Å². The summed E-state index contributed by atoms with van der Waals surface area (Å²) in [7, 11) is 0. The fraction of sp³-hybridized carbons (Fsp3) is 0.571. The molecule has 1 rings (SSSR count). The molecule has 0 saturated heterocycles. The summed E-state index contributed by atoms with van der Waals surface area (Å²) in [5.41, 5.74) is -0.225. The maximum absolute atomic E-state index is 8.75. The van der Waals surface area contributed by atoms with Crippen LogP contribution in [-0.2, 0) is 0 Å². The lowest BCUT2D eigenvalue weighted by Crippen LogP contribution is -2.26. The molecule has 0 aliphatic carbocycles. The lowest BCUT2D eigenvalue weighted by atomic mass is 9.95. The molecule has 12 heavy (non-hydrogen) atoms. The van der Waals surface area contributed by atoms with Gasteiger partial charge in [-0.15, -0.1) is 10.2 Å². The molecule has 0 atom stereocenters. The predicted octanol–water partition coefficient (Wildman–Crippen LogP) is 0.960. The summed E-state index contributed by atoms with van der Waals surface area (Å²) in [5, 5.41) is 19.2. The van der Waals surface area contributed by atoms with Gasteiger partial charge in [0.25, 0.3) is 0 Å². The van der Waals surface area contributed by atoms with E-state index in [2.05, 4.69) is 15.4 Å². The van der Waals surface area contributed by atoms with Gasteiger partial charge in [0.2, 0.25) is 0 Å². The Morgan fingerprint density at radius 1 is 1.33 bits per heavy atom. The van der Waals surface area contributed by atoms with E-state index in [-0.39, 0.29) is 5.41 Å². The number of hydrogen-bond donors (Lipinski definition) is 1. The zero-order valence-corrected chi connectivity index (χ0v) is 7.39. The standard InChI is InChI=1S/C7H12N4O/c1-7(2,3)6(10-12)11-4-8-9-5-11/h4-5,12H,1-3H3. The third kappa shape index (κ3) is 1.61. The average Bonchev–Trinajstić information content (AvgIpc) is 2.38. The van der Waals surface area contributed by atoms with E-state index < -0.39 is 0 Å². The molecule has 5 heteroatoms. The van der Waals surface area contributed by atoms with Gasteiger partial charge in [0.1, 0.15) is 12.7 Å². The first kappa shape index (κ1) is 8.70. The molecule has 0 aliphatic rings. The Morgan fingerprint density at radius 2 is 1.83 bits per heavy atom. The van der Waals surface area contributed by atoms with Crippen molar-refractivity contribution in [1.29, 1.82) is 0 Å². The van der Waals surface area contributed by atoms with Crippen molar-refractivity contribution >= 4 is 5.84 Å². The second-order valence-electron chi connectivity index (χ2n) is 3.54. The molecule has 66 valence electrons. The Balaban J connectivity index is 3.01. The monoisotopic (exact) mass is 168 g/mol. The number of rotatable bonds is 0. The molecule has 1 N–H and O–H groups in total. The average molecular weight is 168 g/mol. The highest BCUT2D eigenvalue weighted by Gasteiger charge is 2.21. The highest BCUT2D eigenvalue weighted by atomic mass is 16.4. The first-order valence-corrected chi connectivity index (χ1v) is 3.63. The summed E-state index contributed by atoms with van der Waals surface area (Å²) in [6, 6.07) is 0. The van der Waals surface area contributed by atoms with Crippen molar-refractivity contribution in [3.8, 4) is 0 Å². The van der Waals surface area contributed by atoms with Crippen molar-refractivity contribution in [3.63, 3.8) is 0 Å². The molecule has 0 amide bonds. The van der Waals surface area contributed by atoms with Crippen LogP contribution in [0.3, 0.4) is 0 Å². The summed E-state index contributed by atoms with van der Waals surface area (Å²) < 4.78 is 1.58. The van der Waals surface area contributed by atoms with E-state index in [1.807, 2.05) is 20.8 Å². The second-order valence-corrected chi connectivity index (χ2v) is 3.54. The SMILES string of the molecule is CC(C)(C)C(=NO)n1cnnc1.